The van der Waals surface area contributed by atoms with E-state index < -0.39 is 11.9 Å². The van der Waals surface area contributed by atoms with Crippen LogP contribution in [0.3, 0.4) is 0 Å². The fourth-order valence-corrected chi connectivity index (χ4v) is 2.84. The van der Waals surface area contributed by atoms with Crippen molar-refractivity contribution in [3.8, 4) is 5.75 Å². The van der Waals surface area contributed by atoms with Gasteiger partial charge in [-0.25, -0.2) is 4.39 Å². The summed E-state index contributed by atoms with van der Waals surface area (Å²) in [5, 5.41) is 2.79. The fourth-order valence-electron chi connectivity index (χ4n) is 2.84. The van der Waals surface area contributed by atoms with Crippen LogP contribution in [0, 0.1) is 5.82 Å². The molecule has 2 aromatic carbocycles. The van der Waals surface area contributed by atoms with Crippen LogP contribution < -0.4 is 10.1 Å². The van der Waals surface area contributed by atoms with Crippen molar-refractivity contribution in [1.82, 2.24) is 10.2 Å². The van der Waals surface area contributed by atoms with Crippen molar-refractivity contribution in [2.75, 3.05) is 13.2 Å². The van der Waals surface area contributed by atoms with Crippen molar-refractivity contribution in [1.29, 1.82) is 0 Å². The van der Waals surface area contributed by atoms with Crippen molar-refractivity contribution < 1.29 is 18.7 Å². The van der Waals surface area contributed by atoms with Gasteiger partial charge in [0.25, 0.3) is 5.91 Å². The zero-order chi connectivity index (χ0) is 21.2. The first-order valence-corrected chi connectivity index (χ1v) is 9.98. The van der Waals surface area contributed by atoms with Crippen LogP contribution in [0.15, 0.2) is 48.5 Å². The lowest BCUT2D eigenvalue weighted by Crippen LogP contribution is -2.49. The number of ether oxygens (including phenoxy) is 1. The molecular weight excluding hydrogens is 371 g/mol. The number of carbonyl (C=O) groups is 2. The standard InChI is InChI=1S/C23H29FN2O3/c1-4-14-25-23(28)17(3)26(15-19-8-6-7-9-21(19)24)22(27)16-29-20-12-10-18(5-2)11-13-20/h6-13,17H,4-5,14-16H2,1-3H3,(H,25,28)/t17-/m1/s1. The summed E-state index contributed by atoms with van der Waals surface area (Å²) in [6.45, 7) is 5.93. The third kappa shape index (κ3) is 6.59. The monoisotopic (exact) mass is 400 g/mol. The van der Waals surface area contributed by atoms with E-state index in [0.29, 0.717) is 17.9 Å². The number of nitrogens with one attached hydrogen (secondary N) is 1. The van der Waals surface area contributed by atoms with Gasteiger partial charge in [0.1, 0.15) is 17.6 Å². The number of carbonyl (C=O) groups excluding carboxylic acids is 2. The minimum absolute atomic E-state index is 0.00957. The molecular formula is C23H29FN2O3. The second-order valence-corrected chi connectivity index (χ2v) is 6.87. The first-order chi connectivity index (χ1) is 14.0. The quantitative estimate of drug-likeness (QED) is 0.661. The predicted molar refractivity (Wildman–Crippen MR) is 111 cm³/mol. The summed E-state index contributed by atoms with van der Waals surface area (Å²) in [5.74, 6) is -0.497. The van der Waals surface area contributed by atoms with E-state index in [-0.39, 0.29) is 25.0 Å². The Morgan fingerprint density at radius 1 is 1.10 bits per heavy atom. The van der Waals surface area contributed by atoms with Crippen LogP contribution in [0.1, 0.15) is 38.3 Å². The summed E-state index contributed by atoms with van der Waals surface area (Å²) in [6.07, 6.45) is 1.70. The number of aryl methyl sites for hydroxylation is 1. The second-order valence-electron chi connectivity index (χ2n) is 6.87. The van der Waals surface area contributed by atoms with Crippen molar-refractivity contribution in [3.05, 3.63) is 65.5 Å². The Balaban J connectivity index is 2.12. The van der Waals surface area contributed by atoms with Gasteiger partial charge in [0.15, 0.2) is 6.61 Å². The molecule has 156 valence electrons. The Morgan fingerprint density at radius 2 is 1.79 bits per heavy atom. The molecule has 0 aliphatic heterocycles. The van der Waals surface area contributed by atoms with E-state index in [1.807, 2.05) is 31.2 Å². The highest BCUT2D eigenvalue weighted by atomic mass is 19.1. The molecule has 0 aliphatic carbocycles. The van der Waals surface area contributed by atoms with Crippen molar-refractivity contribution in [2.24, 2.45) is 0 Å². The number of amides is 2. The molecule has 2 amide bonds. The summed E-state index contributed by atoms with van der Waals surface area (Å²) < 4.78 is 19.7. The van der Waals surface area contributed by atoms with Gasteiger partial charge in [-0.15, -0.1) is 0 Å². The van der Waals surface area contributed by atoms with E-state index >= 15 is 0 Å². The lowest BCUT2D eigenvalue weighted by atomic mass is 10.1. The molecule has 0 bridgehead atoms. The minimum Gasteiger partial charge on any atom is -0.484 e. The Bertz CT molecular complexity index is 808. The Morgan fingerprint density at radius 3 is 2.41 bits per heavy atom. The first-order valence-electron chi connectivity index (χ1n) is 9.98. The van der Waals surface area contributed by atoms with Crippen LogP contribution in [0.2, 0.25) is 0 Å². The van der Waals surface area contributed by atoms with Crippen molar-refractivity contribution in [2.45, 2.75) is 46.2 Å². The Hall–Kier alpha value is -2.89. The molecule has 0 saturated heterocycles. The topological polar surface area (TPSA) is 58.6 Å². The lowest BCUT2D eigenvalue weighted by Gasteiger charge is -2.28. The van der Waals surface area contributed by atoms with Gasteiger partial charge in [-0.3, -0.25) is 9.59 Å². The van der Waals surface area contributed by atoms with Gasteiger partial charge in [-0.1, -0.05) is 44.2 Å². The van der Waals surface area contributed by atoms with Crippen LogP contribution in [0.25, 0.3) is 0 Å². The smallest absolute Gasteiger partial charge is 0.261 e. The highest BCUT2D eigenvalue weighted by molar-refractivity contribution is 5.87. The van der Waals surface area contributed by atoms with E-state index in [1.54, 1.807) is 25.1 Å². The molecule has 0 saturated carbocycles. The van der Waals surface area contributed by atoms with E-state index in [4.69, 9.17) is 4.74 Å². The number of nitrogens with zero attached hydrogens (tertiary/aromatic N) is 1. The van der Waals surface area contributed by atoms with Gasteiger partial charge >= 0.3 is 0 Å². The second kappa shape index (κ2) is 11.2. The molecule has 1 atom stereocenters. The maximum Gasteiger partial charge on any atom is 0.261 e. The zero-order valence-electron chi connectivity index (χ0n) is 17.3. The van der Waals surface area contributed by atoms with E-state index in [2.05, 4.69) is 12.2 Å². The third-order valence-corrected chi connectivity index (χ3v) is 4.71. The summed E-state index contributed by atoms with van der Waals surface area (Å²) in [6, 6.07) is 13.0. The molecule has 0 spiro atoms. The SMILES string of the molecule is CCCNC(=O)[C@@H](C)N(Cc1ccccc1F)C(=O)COc1ccc(CC)cc1. The van der Waals surface area contributed by atoms with Crippen LogP contribution in [-0.4, -0.2) is 35.9 Å². The first kappa shape index (κ1) is 22.4. The molecule has 5 nitrogen and oxygen atoms in total. The lowest BCUT2D eigenvalue weighted by molar-refractivity contribution is -0.142. The predicted octanol–water partition coefficient (Wildman–Crippen LogP) is 3.71. The third-order valence-electron chi connectivity index (χ3n) is 4.71. The Labute approximate surface area is 171 Å². The van der Waals surface area contributed by atoms with Crippen LogP contribution in [0.4, 0.5) is 4.39 Å². The van der Waals surface area contributed by atoms with Crippen LogP contribution in [0.5, 0.6) is 5.75 Å². The van der Waals surface area contributed by atoms with Crippen LogP contribution >= 0.6 is 0 Å². The number of halogens is 1. The maximum absolute atomic E-state index is 14.1. The normalized spacial score (nSPS) is 11.6. The molecule has 0 fully saturated rings. The molecule has 0 radical (unpaired) electrons. The van der Waals surface area contributed by atoms with Crippen LogP contribution in [-0.2, 0) is 22.6 Å². The molecule has 1 N–H and O–H groups in total. The highest BCUT2D eigenvalue weighted by Crippen LogP contribution is 2.15. The number of rotatable bonds is 10. The summed E-state index contributed by atoms with van der Waals surface area (Å²) >= 11 is 0. The minimum atomic E-state index is -0.750. The summed E-state index contributed by atoms with van der Waals surface area (Å²) in [4.78, 5) is 26.7. The molecule has 29 heavy (non-hydrogen) atoms. The number of hydrogen-bond donors (Lipinski definition) is 1. The molecule has 0 aliphatic rings. The average Bonchev–Trinajstić information content (AvgIpc) is 2.75. The maximum atomic E-state index is 14.1. The molecule has 0 heterocycles. The Kier molecular flexibility index (Phi) is 8.65. The van der Waals surface area contributed by atoms with Gasteiger partial charge in [0, 0.05) is 18.7 Å². The largest absolute Gasteiger partial charge is 0.484 e. The molecule has 2 rings (SSSR count). The summed E-state index contributed by atoms with van der Waals surface area (Å²) in [5.41, 5.74) is 1.52. The zero-order valence-corrected chi connectivity index (χ0v) is 17.3. The highest BCUT2D eigenvalue weighted by Gasteiger charge is 2.27. The van der Waals surface area contributed by atoms with E-state index in [1.165, 1.54) is 16.5 Å². The van der Waals surface area contributed by atoms with E-state index in [0.717, 1.165) is 12.8 Å². The number of benzene rings is 2. The van der Waals surface area contributed by atoms with Gasteiger partial charge in [-0.2, -0.15) is 0 Å². The molecule has 0 unspecified atom stereocenters. The van der Waals surface area contributed by atoms with Gasteiger partial charge in [0.2, 0.25) is 5.91 Å². The van der Waals surface area contributed by atoms with Crippen molar-refractivity contribution in [3.63, 3.8) is 0 Å². The fraction of sp³-hybridized carbons (Fsp3) is 0.391. The number of hydrogen-bond acceptors (Lipinski definition) is 3. The van der Waals surface area contributed by atoms with Gasteiger partial charge in [0.05, 0.1) is 0 Å². The molecule has 2 aromatic rings. The molecule has 6 heteroatoms. The average molecular weight is 400 g/mol. The summed E-state index contributed by atoms with van der Waals surface area (Å²) in [7, 11) is 0. The van der Waals surface area contributed by atoms with Gasteiger partial charge < -0.3 is 15.0 Å². The van der Waals surface area contributed by atoms with Gasteiger partial charge in [-0.05, 0) is 43.5 Å². The van der Waals surface area contributed by atoms with E-state index in [9.17, 15) is 14.0 Å². The molecule has 0 aromatic heterocycles. The van der Waals surface area contributed by atoms with Crippen molar-refractivity contribution >= 4 is 11.8 Å².